The summed E-state index contributed by atoms with van der Waals surface area (Å²) >= 11 is 2.46. The van der Waals surface area contributed by atoms with Gasteiger partial charge in [-0.1, -0.05) is 0 Å². The Morgan fingerprint density at radius 1 is 1.61 bits per heavy atom. The maximum Gasteiger partial charge on any atom is 0.358 e. The fourth-order valence-corrected chi connectivity index (χ4v) is 4.20. The van der Waals surface area contributed by atoms with Gasteiger partial charge in [0, 0.05) is 19.3 Å². The van der Waals surface area contributed by atoms with Crippen LogP contribution in [0.1, 0.15) is 10.5 Å². The van der Waals surface area contributed by atoms with Crippen LogP contribution in [0.15, 0.2) is 9.72 Å². The molecule has 18 heavy (non-hydrogen) atoms. The molecule has 1 aromatic heterocycles. The average Bonchev–Trinajstić information content (AvgIpc) is 2.84. The van der Waals surface area contributed by atoms with Crippen molar-refractivity contribution in [1.82, 2.24) is 9.29 Å². The van der Waals surface area contributed by atoms with Crippen LogP contribution in [0.4, 0.5) is 0 Å². The lowest BCUT2D eigenvalue weighted by atomic mass is 10.5. The second kappa shape index (κ2) is 6.50. The van der Waals surface area contributed by atoms with E-state index < -0.39 is 16.0 Å². The highest BCUT2D eigenvalue weighted by atomic mass is 32.2. The molecule has 0 amide bonds. The van der Waals surface area contributed by atoms with Gasteiger partial charge in [-0.25, -0.2) is 18.2 Å². The second-order valence-corrected chi connectivity index (χ2v) is 7.38. The molecule has 6 nitrogen and oxygen atoms in total. The molecule has 0 radical (unpaired) electrons. The van der Waals surface area contributed by atoms with Crippen LogP contribution in [0.2, 0.25) is 0 Å². The summed E-state index contributed by atoms with van der Waals surface area (Å²) < 4.78 is 30.1. The molecule has 0 spiro atoms. The largest absolute Gasteiger partial charge is 0.464 e. The summed E-state index contributed by atoms with van der Waals surface area (Å²) in [4.78, 5) is 15.2. The smallest absolute Gasteiger partial charge is 0.358 e. The number of esters is 1. The van der Waals surface area contributed by atoms with Crippen molar-refractivity contribution in [1.29, 1.82) is 0 Å². The van der Waals surface area contributed by atoms with Crippen LogP contribution in [0.25, 0.3) is 0 Å². The Morgan fingerprint density at radius 3 is 2.83 bits per heavy atom. The number of aromatic nitrogens is 1. The molecule has 0 fully saturated rings. The van der Waals surface area contributed by atoms with E-state index in [2.05, 4.69) is 9.72 Å². The van der Waals surface area contributed by atoms with Crippen molar-refractivity contribution in [3.8, 4) is 0 Å². The van der Waals surface area contributed by atoms with E-state index >= 15 is 0 Å². The number of nitrogens with zero attached hydrogens (tertiary/aromatic N) is 2. The van der Waals surface area contributed by atoms with Gasteiger partial charge in [0.05, 0.1) is 12.6 Å². The Labute approximate surface area is 114 Å². The fourth-order valence-electron chi connectivity index (χ4n) is 1.13. The molecule has 0 aliphatic heterocycles. The van der Waals surface area contributed by atoms with E-state index in [1.165, 1.54) is 24.0 Å². The van der Waals surface area contributed by atoms with Gasteiger partial charge in [0.25, 0.3) is 10.0 Å². The number of methoxy groups -OCH3 is 1. The molecule has 0 atom stereocenters. The molecular weight excluding hydrogens is 296 g/mol. The summed E-state index contributed by atoms with van der Waals surface area (Å²) in [5.41, 5.74) is 1.17. The molecule has 0 N–H and O–H groups in total. The third kappa shape index (κ3) is 3.22. The van der Waals surface area contributed by atoms with E-state index in [4.69, 9.17) is 0 Å². The van der Waals surface area contributed by atoms with Crippen molar-refractivity contribution < 1.29 is 17.9 Å². The molecule has 0 aromatic carbocycles. The molecule has 0 unspecified atom stereocenters. The minimum Gasteiger partial charge on any atom is -0.464 e. The summed E-state index contributed by atoms with van der Waals surface area (Å²) in [7, 11) is -1.01. The number of rotatable bonds is 6. The average molecular weight is 310 g/mol. The van der Waals surface area contributed by atoms with E-state index in [0.717, 1.165) is 11.3 Å². The standard InChI is InChI=1S/C9H14N2O4S3/c1-11(4-5-16-3)18(13,14)9-7(8(12)15-2)10-6-17-9/h6H,4-5H2,1-3H3. The Hall–Kier alpha value is -0.640. The first kappa shape index (κ1) is 15.4. The highest BCUT2D eigenvalue weighted by Crippen LogP contribution is 2.23. The van der Waals surface area contributed by atoms with E-state index in [1.807, 2.05) is 6.26 Å². The minimum absolute atomic E-state index is 0.0713. The molecule has 1 aromatic rings. The highest BCUT2D eigenvalue weighted by Gasteiger charge is 2.29. The minimum atomic E-state index is -3.68. The Morgan fingerprint density at radius 2 is 2.28 bits per heavy atom. The van der Waals surface area contributed by atoms with Gasteiger partial charge in [-0.3, -0.25) is 0 Å². The van der Waals surface area contributed by atoms with Crippen molar-refractivity contribution in [2.45, 2.75) is 4.21 Å². The number of carbonyl (C=O) groups excluding carboxylic acids is 1. The Balaban J connectivity index is 3.05. The van der Waals surface area contributed by atoms with Gasteiger partial charge >= 0.3 is 5.97 Å². The molecule has 0 saturated heterocycles. The van der Waals surface area contributed by atoms with Crippen LogP contribution in [-0.4, -0.2) is 56.4 Å². The highest BCUT2D eigenvalue weighted by molar-refractivity contribution is 7.98. The van der Waals surface area contributed by atoms with Crippen molar-refractivity contribution in [2.24, 2.45) is 0 Å². The number of carbonyl (C=O) groups is 1. The quantitative estimate of drug-likeness (QED) is 0.727. The zero-order valence-electron chi connectivity index (χ0n) is 10.2. The van der Waals surface area contributed by atoms with Crippen LogP contribution >= 0.6 is 23.1 Å². The first-order valence-electron chi connectivity index (χ1n) is 4.92. The SMILES string of the molecule is COC(=O)c1ncsc1S(=O)(=O)N(C)CCSC. The number of sulfonamides is 1. The molecular formula is C9H14N2O4S3. The lowest BCUT2D eigenvalue weighted by molar-refractivity contribution is 0.0590. The summed E-state index contributed by atoms with van der Waals surface area (Å²) in [6.45, 7) is 0.377. The zero-order valence-corrected chi connectivity index (χ0v) is 12.7. The summed E-state index contributed by atoms with van der Waals surface area (Å²) in [6, 6.07) is 0. The van der Waals surface area contributed by atoms with Crippen molar-refractivity contribution in [3.05, 3.63) is 11.2 Å². The van der Waals surface area contributed by atoms with E-state index in [1.54, 1.807) is 11.8 Å². The number of ether oxygens (including phenoxy) is 1. The van der Waals surface area contributed by atoms with E-state index in [0.29, 0.717) is 12.3 Å². The fraction of sp³-hybridized carbons (Fsp3) is 0.556. The molecule has 0 aliphatic rings. The third-order valence-electron chi connectivity index (χ3n) is 2.17. The number of hydrogen-bond donors (Lipinski definition) is 0. The molecule has 1 rings (SSSR count). The van der Waals surface area contributed by atoms with Gasteiger partial charge in [-0.05, 0) is 6.26 Å². The number of hydrogen-bond acceptors (Lipinski definition) is 7. The molecule has 102 valence electrons. The molecule has 0 bridgehead atoms. The van der Waals surface area contributed by atoms with Crippen molar-refractivity contribution >= 4 is 39.1 Å². The first-order valence-corrected chi connectivity index (χ1v) is 8.63. The van der Waals surface area contributed by atoms with Crippen LogP contribution in [0.5, 0.6) is 0 Å². The zero-order chi connectivity index (χ0) is 13.8. The number of thiazole rings is 1. The van der Waals surface area contributed by atoms with Crippen molar-refractivity contribution in [3.63, 3.8) is 0 Å². The monoisotopic (exact) mass is 310 g/mol. The van der Waals surface area contributed by atoms with E-state index in [-0.39, 0.29) is 9.90 Å². The third-order valence-corrected chi connectivity index (χ3v) is 5.96. The summed E-state index contributed by atoms with van der Waals surface area (Å²) in [5.74, 6) is -0.0599. The Kier molecular flexibility index (Phi) is 5.57. The predicted molar refractivity (Wildman–Crippen MR) is 71.7 cm³/mol. The topological polar surface area (TPSA) is 76.6 Å². The van der Waals surface area contributed by atoms with Crippen LogP contribution < -0.4 is 0 Å². The van der Waals surface area contributed by atoms with Gasteiger partial charge in [0.2, 0.25) is 0 Å². The van der Waals surface area contributed by atoms with Gasteiger partial charge in [-0.2, -0.15) is 16.1 Å². The van der Waals surface area contributed by atoms with Crippen LogP contribution in [0.3, 0.4) is 0 Å². The summed E-state index contributed by atoms with van der Waals surface area (Å²) in [5, 5.41) is 0. The molecule has 9 heteroatoms. The van der Waals surface area contributed by atoms with Crippen LogP contribution in [-0.2, 0) is 14.8 Å². The normalized spacial score (nSPS) is 11.8. The van der Waals surface area contributed by atoms with Gasteiger partial charge in [0.1, 0.15) is 0 Å². The van der Waals surface area contributed by atoms with E-state index in [9.17, 15) is 13.2 Å². The van der Waals surface area contributed by atoms with Crippen LogP contribution in [0, 0.1) is 0 Å². The van der Waals surface area contributed by atoms with Gasteiger partial charge in [0.15, 0.2) is 9.90 Å². The lowest BCUT2D eigenvalue weighted by Gasteiger charge is -2.15. The second-order valence-electron chi connectivity index (χ2n) is 3.30. The predicted octanol–water partition coefficient (Wildman–Crippen LogP) is 0.913. The summed E-state index contributed by atoms with van der Waals surface area (Å²) in [6.07, 6.45) is 1.90. The Bertz CT molecular complexity index is 512. The number of thioether (sulfide) groups is 1. The molecule has 0 aliphatic carbocycles. The first-order chi connectivity index (χ1) is 8.45. The molecule has 1 heterocycles. The van der Waals surface area contributed by atoms with Gasteiger partial charge < -0.3 is 4.74 Å². The van der Waals surface area contributed by atoms with Gasteiger partial charge in [-0.15, -0.1) is 11.3 Å². The van der Waals surface area contributed by atoms with Crippen molar-refractivity contribution in [2.75, 3.05) is 32.7 Å². The maximum absolute atomic E-state index is 12.2. The molecule has 0 saturated carbocycles. The lowest BCUT2D eigenvalue weighted by Crippen LogP contribution is -2.29. The maximum atomic E-state index is 12.2.